The minimum atomic E-state index is -0.994. The van der Waals surface area contributed by atoms with Gasteiger partial charge in [-0.3, -0.25) is 14.9 Å². The van der Waals surface area contributed by atoms with Gasteiger partial charge in [-0.15, -0.1) is 0 Å². The van der Waals surface area contributed by atoms with Crippen molar-refractivity contribution in [3.8, 4) is 0 Å². The highest BCUT2D eigenvalue weighted by Crippen LogP contribution is 2.28. The maximum atomic E-state index is 13.4. The molecule has 5 nitrogen and oxygen atoms in total. The van der Waals surface area contributed by atoms with E-state index in [4.69, 9.17) is 0 Å². The summed E-state index contributed by atoms with van der Waals surface area (Å²) >= 11 is 2.87. The molecule has 1 aromatic carbocycles. The standard InChI is InChI=1S/C9H7BrFNO4/c1-16-7(13)4-5-2-3-6(12(14)15)9(11)8(5)10/h2-3H,4H2,1H3. The molecule has 7 heteroatoms. The van der Waals surface area contributed by atoms with Crippen LogP contribution in [0, 0.1) is 15.9 Å². The third kappa shape index (κ3) is 2.54. The molecule has 1 rings (SSSR count). The van der Waals surface area contributed by atoms with Crippen molar-refractivity contribution in [3.05, 3.63) is 38.1 Å². The van der Waals surface area contributed by atoms with E-state index in [1.807, 2.05) is 0 Å². The molecule has 0 aliphatic rings. The van der Waals surface area contributed by atoms with Crippen LogP contribution < -0.4 is 0 Å². The molecule has 0 amide bonds. The molecule has 86 valence electrons. The lowest BCUT2D eigenvalue weighted by Crippen LogP contribution is -2.06. The van der Waals surface area contributed by atoms with Crippen LogP contribution in [-0.4, -0.2) is 18.0 Å². The molecule has 0 N–H and O–H groups in total. The van der Waals surface area contributed by atoms with Gasteiger partial charge in [0.05, 0.1) is 22.9 Å². The van der Waals surface area contributed by atoms with Crippen molar-refractivity contribution in [2.45, 2.75) is 6.42 Å². The summed E-state index contributed by atoms with van der Waals surface area (Å²) in [5, 5.41) is 10.4. The second-order valence-electron chi connectivity index (χ2n) is 2.88. The van der Waals surface area contributed by atoms with Crippen molar-refractivity contribution in [1.82, 2.24) is 0 Å². The number of hydrogen-bond donors (Lipinski definition) is 0. The highest BCUT2D eigenvalue weighted by atomic mass is 79.9. The lowest BCUT2D eigenvalue weighted by atomic mass is 10.1. The Morgan fingerprint density at radius 1 is 1.62 bits per heavy atom. The lowest BCUT2D eigenvalue weighted by Gasteiger charge is -2.04. The molecular formula is C9H7BrFNO4. The topological polar surface area (TPSA) is 69.4 Å². The van der Waals surface area contributed by atoms with Crippen LogP contribution in [0.25, 0.3) is 0 Å². The molecular weight excluding hydrogens is 285 g/mol. The molecule has 0 aliphatic heterocycles. The van der Waals surface area contributed by atoms with Crippen LogP contribution in [0.4, 0.5) is 10.1 Å². The van der Waals surface area contributed by atoms with Gasteiger partial charge < -0.3 is 4.74 Å². The summed E-state index contributed by atoms with van der Waals surface area (Å²) < 4.78 is 17.7. The average Bonchev–Trinajstić information content (AvgIpc) is 2.24. The summed E-state index contributed by atoms with van der Waals surface area (Å²) in [6.07, 6.45) is -0.147. The van der Waals surface area contributed by atoms with Crippen molar-refractivity contribution in [2.24, 2.45) is 0 Å². The third-order valence-electron chi connectivity index (χ3n) is 1.90. The fourth-order valence-corrected chi connectivity index (χ4v) is 1.56. The Bertz CT molecular complexity index is 449. The molecule has 0 unspecified atom stereocenters. The van der Waals surface area contributed by atoms with Crippen molar-refractivity contribution in [2.75, 3.05) is 7.11 Å². The molecule has 0 spiro atoms. The Morgan fingerprint density at radius 2 is 2.25 bits per heavy atom. The molecule has 0 fully saturated rings. The molecule has 1 aromatic rings. The van der Waals surface area contributed by atoms with E-state index in [0.717, 1.165) is 6.07 Å². The van der Waals surface area contributed by atoms with Gasteiger partial charge in [0.15, 0.2) is 0 Å². The van der Waals surface area contributed by atoms with Crippen LogP contribution in [0.15, 0.2) is 16.6 Å². The first-order valence-corrected chi connectivity index (χ1v) is 4.94. The van der Waals surface area contributed by atoms with Crippen LogP contribution in [-0.2, 0) is 16.0 Å². The number of benzene rings is 1. The molecule has 0 heterocycles. The Hall–Kier alpha value is -1.50. The van der Waals surface area contributed by atoms with Gasteiger partial charge in [-0.2, -0.15) is 4.39 Å². The number of esters is 1. The molecule has 0 aromatic heterocycles. The molecule has 0 saturated heterocycles. The van der Waals surface area contributed by atoms with Gasteiger partial charge in [0.1, 0.15) is 0 Å². The van der Waals surface area contributed by atoms with Gasteiger partial charge in [-0.05, 0) is 21.5 Å². The zero-order valence-corrected chi connectivity index (χ0v) is 9.78. The molecule has 0 aliphatic carbocycles. The highest BCUT2D eigenvalue weighted by Gasteiger charge is 2.20. The van der Waals surface area contributed by atoms with Crippen LogP contribution in [0.1, 0.15) is 5.56 Å². The van der Waals surface area contributed by atoms with Crippen molar-refractivity contribution < 1.29 is 18.8 Å². The second-order valence-corrected chi connectivity index (χ2v) is 3.67. The van der Waals surface area contributed by atoms with E-state index in [9.17, 15) is 19.3 Å². The molecule has 0 bridgehead atoms. The number of rotatable bonds is 3. The van der Waals surface area contributed by atoms with Crippen molar-refractivity contribution in [1.29, 1.82) is 0 Å². The summed E-state index contributed by atoms with van der Waals surface area (Å²) in [4.78, 5) is 20.5. The predicted octanol–water partition coefficient (Wildman–Crippen LogP) is 2.21. The number of carbonyl (C=O) groups excluding carboxylic acids is 1. The van der Waals surface area contributed by atoms with Crippen LogP contribution in [0.3, 0.4) is 0 Å². The minimum Gasteiger partial charge on any atom is -0.469 e. The third-order valence-corrected chi connectivity index (χ3v) is 2.76. The summed E-state index contributed by atoms with van der Waals surface area (Å²) in [5.41, 5.74) is -0.338. The minimum absolute atomic E-state index is 0.0906. The maximum absolute atomic E-state index is 13.4. The number of ether oxygens (including phenoxy) is 1. The van der Waals surface area contributed by atoms with Gasteiger partial charge in [0.25, 0.3) is 0 Å². The zero-order valence-electron chi connectivity index (χ0n) is 8.20. The van der Waals surface area contributed by atoms with E-state index in [2.05, 4.69) is 20.7 Å². The quantitative estimate of drug-likeness (QED) is 0.486. The molecule has 0 radical (unpaired) electrons. The fourth-order valence-electron chi connectivity index (χ4n) is 1.08. The summed E-state index contributed by atoms with van der Waals surface area (Å²) in [6, 6.07) is 2.32. The van der Waals surface area contributed by atoms with Crippen molar-refractivity contribution >= 4 is 27.6 Å². The Balaban J connectivity index is 3.12. The second kappa shape index (κ2) is 5.02. The van der Waals surface area contributed by atoms with Gasteiger partial charge in [-0.25, -0.2) is 0 Å². The van der Waals surface area contributed by atoms with Crippen LogP contribution >= 0.6 is 15.9 Å². The van der Waals surface area contributed by atoms with E-state index < -0.39 is 22.4 Å². The van der Waals surface area contributed by atoms with E-state index in [1.54, 1.807) is 0 Å². The van der Waals surface area contributed by atoms with Crippen LogP contribution in [0.2, 0.25) is 0 Å². The van der Waals surface area contributed by atoms with Crippen LogP contribution in [0.5, 0.6) is 0 Å². The lowest BCUT2D eigenvalue weighted by molar-refractivity contribution is -0.387. The number of nitro benzene ring substituents is 1. The maximum Gasteiger partial charge on any atom is 0.310 e. The average molecular weight is 292 g/mol. The summed E-state index contributed by atoms with van der Waals surface area (Å²) in [6.45, 7) is 0. The fraction of sp³-hybridized carbons (Fsp3) is 0.222. The van der Waals surface area contributed by atoms with Gasteiger partial charge in [0, 0.05) is 6.07 Å². The Morgan fingerprint density at radius 3 is 2.75 bits per heavy atom. The number of halogens is 2. The number of carbonyl (C=O) groups is 1. The van der Waals surface area contributed by atoms with Gasteiger partial charge in [-0.1, -0.05) is 6.07 Å². The monoisotopic (exact) mass is 291 g/mol. The van der Waals surface area contributed by atoms with E-state index in [0.29, 0.717) is 5.56 Å². The SMILES string of the molecule is COC(=O)Cc1ccc([N+](=O)[O-])c(F)c1Br. The Kier molecular flexibility index (Phi) is 3.94. The predicted molar refractivity (Wildman–Crippen MR) is 56.5 cm³/mol. The highest BCUT2D eigenvalue weighted by molar-refractivity contribution is 9.10. The smallest absolute Gasteiger partial charge is 0.310 e. The number of nitro groups is 1. The molecule has 16 heavy (non-hydrogen) atoms. The van der Waals surface area contributed by atoms with E-state index in [1.165, 1.54) is 13.2 Å². The van der Waals surface area contributed by atoms with Gasteiger partial charge in [0.2, 0.25) is 5.82 Å². The summed E-state index contributed by atoms with van der Waals surface area (Å²) in [7, 11) is 1.21. The first-order chi connectivity index (χ1) is 7.47. The molecule has 0 atom stereocenters. The number of hydrogen-bond acceptors (Lipinski definition) is 4. The first kappa shape index (κ1) is 12.6. The van der Waals surface area contributed by atoms with Crippen molar-refractivity contribution in [3.63, 3.8) is 0 Å². The number of nitrogens with zero attached hydrogens (tertiary/aromatic N) is 1. The van der Waals surface area contributed by atoms with Gasteiger partial charge >= 0.3 is 11.7 Å². The first-order valence-electron chi connectivity index (χ1n) is 4.15. The normalized spacial score (nSPS) is 9.94. The Labute approximate surface area is 98.5 Å². The largest absolute Gasteiger partial charge is 0.469 e. The van der Waals surface area contributed by atoms with E-state index >= 15 is 0 Å². The van der Waals surface area contributed by atoms with E-state index in [-0.39, 0.29) is 10.9 Å². The number of methoxy groups -OCH3 is 1. The molecule has 0 saturated carbocycles. The zero-order chi connectivity index (χ0) is 12.3. The summed E-state index contributed by atoms with van der Waals surface area (Å²) in [5.74, 6) is -1.54.